The summed E-state index contributed by atoms with van der Waals surface area (Å²) in [4.78, 5) is 28.3. The van der Waals surface area contributed by atoms with Gasteiger partial charge in [0, 0.05) is 25.5 Å². The summed E-state index contributed by atoms with van der Waals surface area (Å²) in [6.45, 7) is 1.70. The molecule has 0 aromatic carbocycles. The van der Waals surface area contributed by atoms with Crippen LogP contribution in [0.15, 0.2) is 18.5 Å². The highest BCUT2D eigenvalue weighted by molar-refractivity contribution is 5.94. The largest absolute Gasteiger partial charge is 0.478 e. The van der Waals surface area contributed by atoms with Gasteiger partial charge >= 0.3 is 5.97 Å². The van der Waals surface area contributed by atoms with Crippen LogP contribution >= 0.6 is 0 Å². The van der Waals surface area contributed by atoms with Crippen LogP contribution in [0.3, 0.4) is 0 Å². The van der Waals surface area contributed by atoms with Crippen LogP contribution in [0, 0.1) is 0 Å². The van der Waals surface area contributed by atoms with Crippen molar-refractivity contribution in [2.75, 3.05) is 25.0 Å². The minimum Gasteiger partial charge on any atom is -0.478 e. The van der Waals surface area contributed by atoms with Gasteiger partial charge < -0.3 is 15.3 Å². The first-order chi connectivity index (χ1) is 8.68. The molecule has 1 aliphatic rings. The number of carboxylic acids is 1. The molecule has 18 heavy (non-hydrogen) atoms. The van der Waals surface area contributed by atoms with Crippen molar-refractivity contribution in [2.45, 2.75) is 12.8 Å². The predicted octanol–water partition coefficient (Wildman–Crippen LogP) is 0.814. The van der Waals surface area contributed by atoms with E-state index in [2.05, 4.69) is 10.3 Å². The highest BCUT2D eigenvalue weighted by atomic mass is 16.4. The molecule has 0 unspecified atom stereocenters. The number of carbonyl (C=O) groups excluding carboxylic acids is 1. The van der Waals surface area contributed by atoms with Crippen molar-refractivity contribution >= 4 is 17.6 Å². The Morgan fingerprint density at radius 2 is 2.11 bits per heavy atom. The molecule has 1 aromatic rings. The number of carbonyl (C=O) groups is 2. The number of aromatic carboxylic acids is 1. The minimum atomic E-state index is -1.06. The Kier molecular flexibility index (Phi) is 3.76. The number of nitrogens with one attached hydrogen (secondary N) is 1. The molecule has 0 bridgehead atoms. The molecule has 2 heterocycles. The quantitative estimate of drug-likeness (QED) is 0.825. The molecule has 1 aromatic heterocycles. The van der Waals surface area contributed by atoms with Crippen molar-refractivity contribution < 1.29 is 14.7 Å². The average Bonchev–Trinajstić information content (AvgIpc) is 2.90. The first-order valence-electron chi connectivity index (χ1n) is 5.87. The zero-order chi connectivity index (χ0) is 13.0. The highest BCUT2D eigenvalue weighted by Gasteiger charge is 2.18. The number of hydrogen-bond acceptors (Lipinski definition) is 4. The molecule has 6 nitrogen and oxygen atoms in total. The van der Waals surface area contributed by atoms with E-state index in [0.717, 1.165) is 25.9 Å². The Labute approximate surface area is 105 Å². The van der Waals surface area contributed by atoms with Gasteiger partial charge in [-0.3, -0.25) is 9.78 Å². The minimum absolute atomic E-state index is 0.000603. The fraction of sp³-hybridized carbons (Fsp3) is 0.417. The molecule has 96 valence electrons. The van der Waals surface area contributed by atoms with Gasteiger partial charge in [-0.1, -0.05) is 0 Å². The number of carboxylic acid groups (broad SMARTS) is 1. The van der Waals surface area contributed by atoms with Crippen LogP contribution < -0.4 is 5.32 Å². The summed E-state index contributed by atoms with van der Waals surface area (Å²) in [5.41, 5.74) is 0.497. The van der Waals surface area contributed by atoms with E-state index >= 15 is 0 Å². The van der Waals surface area contributed by atoms with E-state index < -0.39 is 5.97 Å². The normalized spacial score (nSPS) is 14.6. The van der Waals surface area contributed by atoms with E-state index in [1.54, 1.807) is 11.0 Å². The third-order valence-electron chi connectivity index (χ3n) is 2.94. The monoisotopic (exact) mass is 249 g/mol. The summed E-state index contributed by atoms with van der Waals surface area (Å²) < 4.78 is 0. The van der Waals surface area contributed by atoms with Crippen LogP contribution in [0.4, 0.5) is 5.69 Å². The molecule has 2 N–H and O–H groups in total. The van der Waals surface area contributed by atoms with Gasteiger partial charge in [0.2, 0.25) is 5.91 Å². The van der Waals surface area contributed by atoms with Crippen molar-refractivity contribution in [1.29, 1.82) is 0 Å². The van der Waals surface area contributed by atoms with E-state index in [9.17, 15) is 9.59 Å². The van der Waals surface area contributed by atoms with Gasteiger partial charge in [-0.25, -0.2) is 4.79 Å². The first kappa shape index (κ1) is 12.3. The van der Waals surface area contributed by atoms with Crippen molar-refractivity contribution in [3.8, 4) is 0 Å². The van der Waals surface area contributed by atoms with Crippen molar-refractivity contribution in [2.24, 2.45) is 0 Å². The standard InChI is InChI=1S/C12H15N3O3/c16-11(15-5-1-2-6-15)8-14-10-3-4-13-7-9(10)12(17)18/h3-4,7H,1-2,5-6,8H2,(H,13,14)(H,17,18). The number of hydrogen-bond donors (Lipinski definition) is 2. The fourth-order valence-corrected chi connectivity index (χ4v) is 1.97. The van der Waals surface area contributed by atoms with Gasteiger partial charge in [0.15, 0.2) is 0 Å². The second-order valence-corrected chi connectivity index (χ2v) is 4.17. The molecule has 0 spiro atoms. The van der Waals surface area contributed by atoms with Gasteiger partial charge in [0.1, 0.15) is 5.56 Å². The summed E-state index contributed by atoms with van der Waals surface area (Å²) in [6.07, 6.45) is 4.85. The Hall–Kier alpha value is -2.11. The number of nitrogens with zero attached hydrogens (tertiary/aromatic N) is 2. The van der Waals surface area contributed by atoms with E-state index in [1.165, 1.54) is 12.4 Å². The maximum absolute atomic E-state index is 11.8. The van der Waals surface area contributed by atoms with E-state index in [1.807, 2.05) is 0 Å². The number of aromatic nitrogens is 1. The van der Waals surface area contributed by atoms with Crippen molar-refractivity contribution in [1.82, 2.24) is 9.88 Å². The van der Waals surface area contributed by atoms with Crippen molar-refractivity contribution in [3.05, 3.63) is 24.0 Å². The van der Waals surface area contributed by atoms with Crippen molar-refractivity contribution in [3.63, 3.8) is 0 Å². The van der Waals surface area contributed by atoms with Gasteiger partial charge in [-0.05, 0) is 18.9 Å². The zero-order valence-electron chi connectivity index (χ0n) is 9.93. The van der Waals surface area contributed by atoms with Gasteiger partial charge in [0.25, 0.3) is 0 Å². The summed E-state index contributed by atoms with van der Waals surface area (Å²) in [6, 6.07) is 1.56. The Balaban J connectivity index is 1.97. The van der Waals surface area contributed by atoms with Crippen LogP contribution in [0.25, 0.3) is 0 Å². The third-order valence-corrected chi connectivity index (χ3v) is 2.94. The van der Waals surface area contributed by atoms with Crippen LogP contribution in [0.1, 0.15) is 23.2 Å². The molecule has 2 rings (SSSR count). The lowest BCUT2D eigenvalue weighted by atomic mass is 10.2. The smallest absolute Gasteiger partial charge is 0.339 e. The topological polar surface area (TPSA) is 82.5 Å². The highest BCUT2D eigenvalue weighted by Crippen LogP contribution is 2.14. The summed E-state index contributed by atoms with van der Waals surface area (Å²) >= 11 is 0. The van der Waals surface area contributed by atoms with Gasteiger partial charge in [-0.15, -0.1) is 0 Å². The van der Waals surface area contributed by atoms with Crippen LogP contribution in [-0.4, -0.2) is 46.5 Å². The molecule has 1 amide bonds. The Bertz CT molecular complexity index is 456. The number of pyridine rings is 1. The molecule has 0 radical (unpaired) electrons. The molecule has 0 saturated carbocycles. The molecule has 1 fully saturated rings. The Morgan fingerprint density at radius 1 is 1.39 bits per heavy atom. The van der Waals surface area contributed by atoms with Crippen LogP contribution in [0.5, 0.6) is 0 Å². The van der Waals surface area contributed by atoms with Gasteiger partial charge in [0.05, 0.1) is 12.2 Å². The summed E-state index contributed by atoms with van der Waals surface area (Å²) in [5.74, 6) is -1.06. The summed E-state index contributed by atoms with van der Waals surface area (Å²) in [7, 11) is 0. The lowest BCUT2D eigenvalue weighted by Crippen LogP contribution is -2.33. The molecular weight excluding hydrogens is 234 g/mol. The maximum Gasteiger partial charge on any atom is 0.339 e. The third kappa shape index (κ3) is 2.77. The maximum atomic E-state index is 11.8. The number of anilines is 1. The predicted molar refractivity (Wildman–Crippen MR) is 65.5 cm³/mol. The lowest BCUT2D eigenvalue weighted by Gasteiger charge is -2.16. The van der Waals surface area contributed by atoms with E-state index in [0.29, 0.717) is 5.69 Å². The SMILES string of the molecule is O=C(O)c1cnccc1NCC(=O)N1CCCC1. The number of rotatable bonds is 4. The lowest BCUT2D eigenvalue weighted by molar-refractivity contribution is -0.128. The van der Waals surface area contributed by atoms with Crippen LogP contribution in [0.2, 0.25) is 0 Å². The molecular formula is C12H15N3O3. The molecule has 1 aliphatic heterocycles. The Morgan fingerprint density at radius 3 is 2.78 bits per heavy atom. The average molecular weight is 249 g/mol. The second-order valence-electron chi connectivity index (χ2n) is 4.17. The van der Waals surface area contributed by atoms with Gasteiger partial charge in [-0.2, -0.15) is 0 Å². The van der Waals surface area contributed by atoms with E-state index in [-0.39, 0.29) is 18.0 Å². The first-order valence-corrected chi connectivity index (χ1v) is 5.87. The molecule has 0 aliphatic carbocycles. The van der Waals surface area contributed by atoms with Crippen LogP contribution in [-0.2, 0) is 4.79 Å². The molecule has 0 atom stereocenters. The summed E-state index contributed by atoms with van der Waals surface area (Å²) in [5, 5.41) is 11.8. The number of amides is 1. The van der Waals surface area contributed by atoms with E-state index in [4.69, 9.17) is 5.11 Å². The second kappa shape index (κ2) is 5.48. The molecule has 1 saturated heterocycles. The zero-order valence-corrected chi connectivity index (χ0v) is 9.93. The molecule has 6 heteroatoms. The number of likely N-dealkylation sites (tertiary alicyclic amines) is 1. The fourth-order valence-electron chi connectivity index (χ4n) is 1.97.